The number of halogens is 1. The van der Waals surface area contributed by atoms with Crippen molar-refractivity contribution < 1.29 is 9.18 Å². The van der Waals surface area contributed by atoms with Gasteiger partial charge < -0.3 is 4.90 Å². The Labute approximate surface area is 128 Å². The Hall–Kier alpha value is -2.93. The van der Waals surface area contributed by atoms with Crippen LogP contribution >= 0.6 is 0 Å². The zero-order valence-electron chi connectivity index (χ0n) is 12.2. The Morgan fingerprint density at radius 3 is 2.41 bits per heavy atom. The van der Waals surface area contributed by atoms with E-state index in [2.05, 4.69) is 6.07 Å². The summed E-state index contributed by atoms with van der Waals surface area (Å²) in [6.07, 6.45) is 3.11. The molecular weight excluding hydrogens is 279 g/mol. The molecule has 0 heterocycles. The van der Waals surface area contributed by atoms with Crippen molar-refractivity contribution in [2.24, 2.45) is 0 Å². The lowest BCUT2D eigenvalue weighted by Gasteiger charge is -2.15. The minimum atomic E-state index is -0.304. The van der Waals surface area contributed by atoms with Crippen LogP contribution in [0.25, 0.3) is 6.08 Å². The maximum atomic E-state index is 12.8. The molecule has 3 nitrogen and oxygen atoms in total. The van der Waals surface area contributed by atoms with Crippen LogP contribution in [0.1, 0.15) is 16.7 Å². The van der Waals surface area contributed by atoms with Gasteiger partial charge in [0.25, 0.3) is 0 Å². The summed E-state index contributed by atoms with van der Waals surface area (Å²) in [6.45, 7) is 0.457. The fourth-order valence-electron chi connectivity index (χ4n) is 1.91. The smallest absolute Gasteiger partial charge is 0.246 e. The van der Waals surface area contributed by atoms with Crippen LogP contribution < -0.4 is 0 Å². The molecule has 0 unspecified atom stereocenters. The van der Waals surface area contributed by atoms with Crippen molar-refractivity contribution in [2.45, 2.75) is 6.54 Å². The molecule has 0 spiro atoms. The van der Waals surface area contributed by atoms with Crippen LogP contribution in [0.4, 0.5) is 4.39 Å². The number of rotatable bonds is 4. The Bertz CT molecular complexity index is 712. The molecule has 22 heavy (non-hydrogen) atoms. The highest BCUT2D eigenvalue weighted by molar-refractivity contribution is 5.91. The van der Waals surface area contributed by atoms with Gasteiger partial charge in [-0.1, -0.05) is 24.3 Å². The standard InChI is InChI=1S/C18H15FN2O/c1-21(13-16-4-2-15(12-20)3-5-16)18(22)11-8-14-6-9-17(19)10-7-14/h2-11H,13H2,1H3/b11-8+. The summed E-state index contributed by atoms with van der Waals surface area (Å²) in [5.41, 5.74) is 2.31. The predicted molar refractivity (Wildman–Crippen MR) is 83.1 cm³/mol. The van der Waals surface area contributed by atoms with Crippen molar-refractivity contribution in [1.82, 2.24) is 4.90 Å². The Kier molecular flexibility index (Phi) is 5.05. The molecule has 0 saturated heterocycles. The van der Waals surface area contributed by atoms with E-state index in [4.69, 9.17) is 5.26 Å². The number of nitrogens with zero attached hydrogens (tertiary/aromatic N) is 2. The number of benzene rings is 2. The van der Waals surface area contributed by atoms with Gasteiger partial charge in [-0.25, -0.2) is 4.39 Å². The van der Waals surface area contributed by atoms with E-state index in [9.17, 15) is 9.18 Å². The van der Waals surface area contributed by atoms with E-state index in [1.807, 2.05) is 12.1 Å². The second-order valence-corrected chi connectivity index (χ2v) is 4.89. The van der Waals surface area contributed by atoms with Crippen LogP contribution in [0.5, 0.6) is 0 Å². The fourth-order valence-corrected chi connectivity index (χ4v) is 1.91. The van der Waals surface area contributed by atoms with Crippen LogP contribution in [0.2, 0.25) is 0 Å². The molecule has 0 N–H and O–H groups in total. The number of carbonyl (C=O) groups excluding carboxylic acids is 1. The molecule has 0 aliphatic rings. The summed E-state index contributed by atoms with van der Waals surface area (Å²) in [7, 11) is 1.70. The minimum Gasteiger partial charge on any atom is -0.338 e. The molecule has 0 radical (unpaired) electrons. The van der Waals surface area contributed by atoms with Gasteiger partial charge in [-0.05, 0) is 41.5 Å². The van der Waals surface area contributed by atoms with Gasteiger partial charge in [0.2, 0.25) is 5.91 Å². The van der Waals surface area contributed by atoms with E-state index in [0.29, 0.717) is 12.1 Å². The van der Waals surface area contributed by atoms with Gasteiger partial charge in [-0.3, -0.25) is 4.79 Å². The largest absolute Gasteiger partial charge is 0.338 e. The minimum absolute atomic E-state index is 0.145. The monoisotopic (exact) mass is 294 g/mol. The van der Waals surface area contributed by atoms with Crippen molar-refractivity contribution in [3.05, 3.63) is 77.1 Å². The zero-order valence-corrected chi connectivity index (χ0v) is 12.2. The molecule has 0 fully saturated rings. The summed E-state index contributed by atoms with van der Waals surface area (Å²) in [5.74, 6) is -0.449. The first-order valence-corrected chi connectivity index (χ1v) is 6.76. The molecule has 0 aliphatic heterocycles. The molecule has 2 aromatic rings. The van der Waals surface area contributed by atoms with Gasteiger partial charge >= 0.3 is 0 Å². The molecule has 4 heteroatoms. The Balaban J connectivity index is 1.96. The van der Waals surface area contributed by atoms with Crippen molar-refractivity contribution in [2.75, 3.05) is 7.05 Å². The highest BCUT2D eigenvalue weighted by Gasteiger charge is 2.05. The molecule has 2 aromatic carbocycles. The van der Waals surface area contributed by atoms with Gasteiger partial charge in [-0.15, -0.1) is 0 Å². The van der Waals surface area contributed by atoms with E-state index in [1.54, 1.807) is 42.3 Å². The summed E-state index contributed by atoms with van der Waals surface area (Å²) in [5, 5.41) is 8.75. The topological polar surface area (TPSA) is 44.1 Å². The maximum Gasteiger partial charge on any atom is 0.246 e. The average molecular weight is 294 g/mol. The van der Waals surface area contributed by atoms with Crippen LogP contribution in [-0.2, 0) is 11.3 Å². The van der Waals surface area contributed by atoms with E-state index in [1.165, 1.54) is 18.2 Å². The van der Waals surface area contributed by atoms with E-state index in [-0.39, 0.29) is 11.7 Å². The first kappa shape index (κ1) is 15.5. The lowest BCUT2D eigenvalue weighted by Crippen LogP contribution is -2.24. The lowest BCUT2D eigenvalue weighted by molar-refractivity contribution is -0.125. The van der Waals surface area contributed by atoms with Crippen molar-refractivity contribution in [3.63, 3.8) is 0 Å². The molecule has 110 valence electrons. The second kappa shape index (κ2) is 7.19. The van der Waals surface area contributed by atoms with E-state index in [0.717, 1.165) is 11.1 Å². The first-order valence-electron chi connectivity index (χ1n) is 6.76. The molecule has 1 amide bonds. The van der Waals surface area contributed by atoms with E-state index >= 15 is 0 Å². The summed E-state index contributed by atoms with van der Waals surface area (Å²) < 4.78 is 12.8. The van der Waals surface area contributed by atoms with Crippen molar-refractivity contribution in [3.8, 4) is 6.07 Å². The third-order valence-electron chi connectivity index (χ3n) is 3.17. The predicted octanol–water partition coefficient (Wildman–Crippen LogP) is 3.37. The number of hydrogen-bond donors (Lipinski definition) is 0. The second-order valence-electron chi connectivity index (χ2n) is 4.89. The van der Waals surface area contributed by atoms with Crippen molar-refractivity contribution >= 4 is 12.0 Å². The third-order valence-corrected chi connectivity index (χ3v) is 3.17. The summed E-state index contributed by atoms with van der Waals surface area (Å²) >= 11 is 0. The van der Waals surface area contributed by atoms with Gasteiger partial charge in [0.15, 0.2) is 0 Å². The Morgan fingerprint density at radius 1 is 1.18 bits per heavy atom. The number of amides is 1. The van der Waals surface area contributed by atoms with Crippen LogP contribution in [0.3, 0.4) is 0 Å². The van der Waals surface area contributed by atoms with Gasteiger partial charge in [0, 0.05) is 19.7 Å². The zero-order chi connectivity index (χ0) is 15.9. The maximum absolute atomic E-state index is 12.8. The first-order chi connectivity index (χ1) is 10.6. The molecule has 0 saturated carbocycles. The quantitative estimate of drug-likeness (QED) is 0.811. The number of likely N-dealkylation sites (N-methyl/N-ethyl adjacent to an activating group) is 1. The van der Waals surface area contributed by atoms with Gasteiger partial charge in [0.1, 0.15) is 5.82 Å². The number of carbonyl (C=O) groups is 1. The molecular formula is C18H15FN2O. The summed E-state index contributed by atoms with van der Waals surface area (Å²) in [6, 6.07) is 15.1. The summed E-state index contributed by atoms with van der Waals surface area (Å²) in [4.78, 5) is 13.6. The molecule has 0 aromatic heterocycles. The molecule has 0 atom stereocenters. The highest BCUT2D eigenvalue weighted by Crippen LogP contribution is 2.08. The van der Waals surface area contributed by atoms with Gasteiger partial charge in [-0.2, -0.15) is 5.26 Å². The van der Waals surface area contributed by atoms with Crippen LogP contribution in [0.15, 0.2) is 54.6 Å². The normalized spacial score (nSPS) is 10.4. The molecule has 0 bridgehead atoms. The number of hydrogen-bond acceptors (Lipinski definition) is 2. The molecule has 2 rings (SSSR count). The van der Waals surface area contributed by atoms with Gasteiger partial charge in [0.05, 0.1) is 11.6 Å². The number of nitriles is 1. The lowest BCUT2D eigenvalue weighted by atomic mass is 10.1. The Morgan fingerprint density at radius 2 is 1.82 bits per heavy atom. The van der Waals surface area contributed by atoms with Crippen LogP contribution in [0, 0.1) is 17.1 Å². The highest BCUT2D eigenvalue weighted by atomic mass is 19.1. The van der Waals surface area contributed by atoms with E-state index < -0.39 is 0 Å². The SMILES string of the molecule is CN(Cc1ccc(C#N)cc1)C(=O)/C=C/c1ccc(F)cc1. The molecule has 0 aliphatic carbocycles. The third kappa shape index (κ3) is 4.29. The van der Waals surface area contributed by atoms with Crippen molar-refractivity contribution in [1.29, 1.82) is 5.26 Å². The van der Waals surface area contributed by atoms with Crippen LogP contribution in [-0.4, -0.2) is 17.9 Å². The fraction of sp³-hybridized carbons (Fsp3) is 0.111. The average Bonchev–Trinajstić information content (AvgIpc) is 2.54.